The first-order valence-electron chi connectivity index (χ1n) is 6.05. The van der Waals surface area contributed by atoms with E-state index in [0.717, 1.165) is 0 Å². The monoisotopic (exact) mass is 276 g/mol. The van der Waals surface area contributed by atoms with E-state index in [1.165, 1.54) is 12.2 Å². The summed E-state index contributed by atoms with van der Waals surface area (Å²) in [4.78, 5) is 33.2. The van der Waals surface area contributed by atoms with E-state index in [-0.39, 0.29) is 0 Å². The summed E-state index contributed by atoms with van der Waals surface area (Å²) < 4.78 is 0. The van der Waals surface area contributed by atoms with E-state index in [4.69, 9.17) is 10.8 Å². The van der Waals surface area contributed by atoms with Gasteiger partial charge < -0.3 is 16.2 Å². The maximum Gasteiger partial charge on any atom is 0.326 e. The van der Waals surface area contributed by atoms with E-state index in [1.54, 1.807) is 31.2 Å². The van der Waals surface area contributed by atoms with Gasteiger partial charge in [0.15, 0.2) is 0 Å². The lowest BCUT2D eigenvalue weighted by molar-refractivity contribution is -0.141. The SMILES string of the molecule is CC[C@@H](NC(=O)C=Cc1ccc(C(N)=O)cc1)C(=O)O. The number of primary amides is 1. The van der Waals surface area contributed by atoms with Gasteiger partial charge in [-0.3, -0.25) is 9.59 Å². The highest BCUT2D eigenvalue weighted by Crippen LogP contribution is 2.05. The summed E-state index contributed by atoms with van der Waals surface area (Å²) in [6.07, 6.45) is 3.07. The number of nitrogens with one attached hydrogen (secondary N) is 1. The van der Waals surface area contributed by atoms with Crippen LogP contribution >= 0.6 is 0 Å². The van der Waals surface area contributed by atoms with Gasteiger partial charge in [-0.25, -0.2) is 4.79 Å². The molecule has 1 rings (SSSR count). The molecule has 1 aromatic rings. The average molecular weight is 276 g/mol. The van der Waals surface area contributed by atoms with Crippen LogP contribution in [0, 0.1) is 0 Å². The number of carboxylic acids is 1. The Hall–Kier alpha value is -2.63. The van der Waals surface area contributed by atoms with Crippen LogP contribution in [-0.4, -0.2) is 28.9 Å². The molecular formula is C14H16N2O4. The number of hydrogen-bond acceptors (Lipinski definition) is 3. The van der Waals surface area contributed by atoms with Crippen molar-refractivity contribution in [1.82, 2.24) is 5.32 Å². The minimum absolute atomic E-state index is 0.308. The minimum atomic E-state index is -1.07. The number of carbonyl (C=O) groups is 3. The van der Waals surface area contributed by atoms with Crippen molar-refractivity contribution in [1.29, 1.82) is 0 Å². The van der Waals surface area contributed by atoms with Crippen molar-refractivity contribution in [2.45, 2.75) is 19.4 Å². The number of nitrogens with two attached hydrogens (primary N) is 1. The Balaban J connectivity index is 2.65. The lowest BCUT2D eigenvalue weighted by Gasteiger charge is -2.09. The quantitative estimate of drug-likeness (QED) is 0.667. The third-order valence-electron chi connectivity index (χ3n) is 2.65. The maximum absolute atomic E-state index is 11.5. The van der Waals surface area contributed by atoms with Crippen LogP contribution in [0.3, 0.4) is 0 Å². The van der Waals surface area contributed by atoms with Crippen LogP contribution in [0.2, 0.25) is 0 Å². The molecule has 0 spiro atoms. The fourth-order valence-electron chi connectivity index (χ4n) is 1.49. The minimum Gasteiger partial charge on any atom is -0.480 e. The van der Waals surface area contributed by atoms with Crippen LogP contribution in [0.25, 0.3) is 6.08 Å². The molecule has 1 atom stereocenters. The van der Waals surface area contributed by atoms with E-state index in [2.05, 4.69) is 5.32 Å². The normalized spacial score (nSPS) is 12.1. The highest BCUT2D eigenvalue weighted by atomic mass is 16.4. The molecule has 0 fully saturated rings. The number of amides is 2. The summed E-state index contributed by atoms with van der Waals surface area (Å²) in [5, 5.41) is 11.2. The zero-order valence-corrected chi connectivity index (χ0v) is 11.0. The number of hydrogen-bond donors (Lipinski definition) is 3. The molecule has 6 nitrogen and oxygen atoms in total. The standard InChI is InChI=1S/C14H16N2O4/c1-2-11(14(19)20)16-12(17)8-5-9-3-6-10(7-4-9)13(15)18/h3-8,11H,2H2,1H3,(H2,15,18)(H,16,17)(H,19,20)/t11-/m1/s1. The lowest BCUT2D eigenvalue weighted by Crippen LogP contribution is -2.39. The predicted molar refractivity (Wildman–Crippen MR) is 73.9 cm³/mol. The molecule has 0 aliphatic heterocycles. The van der Waals surface area contributed by atoms with E-state index < -0.39 is 23.8 Å². The van der Waals surface area contributed by atoms with E-state index in [1.807, 2.05) is 0 Å². The molecular weight excluding hydrogens is 260 g/mol. The largest absolute Gasteiger partial charge is 0.480 e. The highest BCUT2D eigenvalue weighted by Gasteiger charge is 2.15. The van der Waals surface area contributed by atoms with Gasteiger partial charge in [0.05, 0.1) is 0 Å². The van der Waals surface area contributed by atoms with Crippen molar-refractivity contribution >= 4 is 23.9 Å². The Morgan fingerprint density at radius 2 is 1.90 bits per heavy atom. The van der Waals surface area contributed by atoms with Gasteiger partial charge in [-0.1, -0.05) is 19.1 Å². The second kappa shape index (κ2) is 7.08. The first kappa shape index (κ1) is 15.4. The van der Waals surface area contributed by atoms with Gasteiger partial charge in [-0.2, -0.15) is 0 Å². The number of carboxylic acid groups (broad SMARTS) is 1. The summed E-state index contributed by atoms with van der Waals surface area (Å²) in [6.45, 7) is 1.67. The fraction of sp³-hybridized carbons (Fsp3) is 0.214. The van der Waals surface area contributed by atoms with Gasteiger partial charge in [-0.15, -0.1) is 0 Å². The van der Waals surface area contributed by atoms with Crippen molar-refractivity contribution in [3.05, 3.63) is 41.5 Å². The second-order valence-corrected chi connectivity index (χ2v) is 4.13. The van der Waals surface area contributed by atoms with Gasteiger partial charge in [0.1, 0.15) is 6.04 Å². The Morgan fingerprint density at radius 3 is 2.35 bits per heavy atom. The Kier molecular flexibility index (Phi) is 5.46. The maximum atomic E-state index is 11.5. The molecule has 4 N–H and O–H groups in total. The van der Waals surface area contributed by atoms with Crippen molar-refractivity contribution < 1.29 is 19.5 Å². The number of rotatable bonds is 6. The smallest absolute Gasteiger partial charge is 0.326 e. The topological polar surface area (TPSA) is 109 Å². The van der Waals surface area contributed by atoms with E-state index in [0.29, 0.717) is 17.5 Å². The van der Waals surface area contributed by atoms with Gasteiger partial charge in [-0.05, 0) is 30.2 Å². The van der Waals surface area contributed by atoms with Crippen LogP contribution in [0.5, 0.6) is 0 Å². The number of carbonyl (C=O) groups excluding carboxylic acids is 2. The van der Waals surface area contributed by atoms with Gasteiger partial charge in [0, 0.05) is 11.6 Å². The lowest BCUT2D eigenvalue weighted by atomic mass is 10.1. The molecule has 2 amide bonds. The number of benzene rings is 1. The van der Waals surface area contributed by atoms with Crippen molar-refractivity contribution in [2.24, 2.45) is 5.73 Å². The van der Waals surface area contributed by atoms with Gasteiger partial charge >= 0.3 is 5.97 Å². The fourth-order valence-corrected chi connectivity index (χ4v) is 1.49. The molecule has 106 valence electrons. The molecule has 0 saturated heterocycles. The third-order valence-corrected chi connectivity index (χ3v) is 2.65. The number of aliphatic carboxylic acids is 1. The Morgan fingerprint density at radius 1 is 1.30 bits per heavy atom. The molecule has 0 aliphatic rings. The van der Waals surface area contributed by atoms with Crippen LogP contribution < -0.4 is 11.1 Å². The summed E-state index contributed by atoms with van der Waals surface area (Å²) in [6, 6.07) is 5.47. The van der Waals surface area contributed by atoms with Crippen LogP contribution in [0.4, 0.5) is 0 Å². The van der Waals surface area contributed by atoms with Crippen LogP contribution in [-0.2, 0) is 9.59 Å². The van der Waals surface area contributed by atoms with E-state index in [9.17, 15) is 14.4 Å². The van der Waals surface area contributed by atoms with Crippen molar-refractivity contribution in [3.8, 4) is 0 Å². The average Bonchev–Trinajstić information content (AvgIpc) is 2.42. The first-order chi connectivity index (χ1) is 9.43. The molecule has 0 unspecified atom stereocenters. The molecule has 0 aromatic heterocycles. The van der Waals surface area contributed by atoms with Crippen molar-refractivity contribution in [3.63, 3.8) is 0 Å². The Labute approximate surface area is 116 Å². The molecule has 20 heavy (non-hydrogen) atoms. The van der Waals surface area contributed by atoms with Crippen LogP contribution in [0.15, 0.2) is 30.3 Å². The third kappa shape index (κ3) is 4.56. The first-order valence-corrected chi connectivity index (χ1v) is 6.05. The molecule has 0 aliphatic carbocycles. The van der Waals surface area contributed by atoms with Crippen LogP contribution in [0.1, 0.15) is 29.3 Å². The summed E-state index contributed by atoms with van der Waals surface area (Å²) in [5.41, 5.74) is 6.19. The highest BCUT2D eigenvalue weighted by molar-refractivity contribution is 5.95. The zero-order valence-electron chi connectivity index (χ0n) is 11.0. The molecule has 1 aromatic carbocycles. The molecule has 0 heterocycles. The summed E-state index contributed by atoms with van der Waals surface area (Å²) in [7, 11) is 0. The predicted octanol–water partition coefficient (Wildman–Crippen LogP) is 0.778. The molecule has 0 radical (unpaired) electrons. The second-order valence-electron chi connectivity index (χ2n) is 4.13. The molecule has 0 saturated carbocycles. The Bertz CT molecular complexity index is 535. The van der Waals surface area contributed by atoms with Gasteiger partial charge in [0.25, 0.3) is 0 Å². The van der Waals surface area contributed by atoms with E-state index >= 15 is 0 Å². The summed E-state index contributed by atoms with van der Waals surface area (Å²) >= 11 is 0. The molecule has 0 bridgehead atoms. The summed E-state index contributed by atoms with van der Waals surface area (Å²) in [5.74, 6) is -2.08. The van der Waals surface area contributed by atoms with Crippen molar-refractivity contribution in [2.75, 3.05) is 0 Å². The zero-order chi connectivity index (χ0) is 15.1. The molecule has 6 heteroatoms. The van der Waals surface area contributed by atoms with Gasteiger partial charge in [0.2, 0.25) is 11.8 Å².